The molecule has 0 bridgehead atoms. The zero-order chi connectivity index (χ0) is 10.6. The van der Waals surface area contributed by atoms with Gasteiger partial charge in [0.1, 0.15) is 5.82 Å². The van der Waals surface area contributed by atoms with Crippen LogP contribution in [0.5, 0.6) is 0 Å². The third-order valence-corrected chi connectivity index (χ3v) is 1.96. The zero-order valence-electron chi connectivity index (χ0n) is 8.13. The molecule has 0 saturated carbocycles. The fourth-order valence-electron chi connectivity index (χ4n) is 1.13. The number of nitrogens with one attached hydrogen (secondary N) is 1. The van der Waals surface area contributed by atoms with Crippen LogP contribution in [0.2, 0.25) is 0 Å². The molecule has 0 aliphatic carbocycles. The molecule has 0 radical (unpaired) electrons. The van der Waals surface area contributed by atoms with E-state index in [1.807, 2.05) is 6.92 Å². The molecule has 0 heterocycles. The van der Waals surface area contributed by atoms with Crippen LogP contribution in [0.25, 0.3) is 0 Å². The highest BCUT2D eigenvalue weighted by molar-refractivity contribution is 5.46. The van der Waals surface area contributed by atoms with Gasteiger partial charge in [-0.3, -0.25) is 0 Å². The number of nitrogens with two attached hydrogens (primary N) is 1. The monoisotopic (exact) mass is 198 g/mol. The molecule has 4 N–H and O–H groups in total. The Labute approximate surface area is 82.7 Å². The van der Waals surface area contributed by atoms with Crippen LogP contribution in [0.4, 0.5) is 10.1 Å². The van der Waals surface area contributed by atoms with E-state index in [-0.39, 0.29) is 25.0 Å². The summed E-state index contributed by atoms with van der Waals surface area (Å²) in [5.41, 5.74) is 6.47. The number of hydrogen-bond donors (Lipinski definition) is 3. The Morgan fingerprint density at radius 2 is 2.29 bits per heavy atom. The number of benzene rings is 1. The molecule has 0 aromatic heterocycles. The number of aliphatic hydroxyl groups excluding tert-OH is 1. The minimum absolute atomic E-state index is 0.0141. The molecular formula is C10H15FN2O. The van der Waals surface area contributed by atoms with Crippen molar-refractivity contribution in [3.8, 4) is 0 Å². The molecule has 0 saturated heterocycles. The average molecular weight is 198 g/mol. The van der Waals surface area contributed by atoms with Crippen LogP contribution in [-0.2, 0) is 6.54 Å². The minimum atomic E-state index is -0.317. The Morgan fingerprint density at radius 1 is 1.57 bits per heavy atom. The summed E-state index contributed by atoms with van der Waals surface area (Å²) in [6.07, 6.45) is 0. The van der Waals surface area contributed by atoms with Gasteiger partial charge < -0.3 is 16.2 Å². The molecule has 1 unspecified atom stereocenters. The maximum Gasteiger partial charge on any atom is 0.129 e. The molecule has 1 aromatic rings. The lowest BCUT2D eigenvalue weighted by Crippen LogP contribution is -2.19. The van der Waals surface area contributed by atoms with Gasteiger partial charge in [-0.15, -0.1) is 0 Å². The first-order chi connectivity index (χ1) is 6.67. The van der Waals surface area contributed by atoms with Crippen LogP contribution in [0.3, 0.4) is 0 Å². The van der Waals surface area contributed by atoms with E-state index < -0.39 is 0 Å². The summed E-state index contributed by atoms with van der Waals surface area (Å²) in [6.45, 7) is 2.02. The summed E-state index contributed by atoms with van der Waals surface area (Å²) in [7, 11) is 0. The van der Waals surface area contributed by atoms with Crippen LogP contribution in [-0.4, -0.2) is 17.8 Å². The molecule has 0 amide bonds. The third-order valence-electron chi connectivity index (χ3n) is 1.96. The lowest BCUT2D eigenvalue weighted by Gasteiger charge is -2.12. The first-order valence-corrected chi connectivity index (χ1v) is 4.53. The molecule has 0 fully saturated rings. The van der Waals surface area contributed by atoms with E-state index in [1.165, 1.54) is 6.07 Å². The van der Waals surface area contributed by atoms with E-state index in [2.05, 4.69) is 5.32 Å². The van der Waals surface area contributed by atoms with Crippen molar-refractivity contribution in [3.05, 3.63) is 29.6 Å². The van der Waals surface area contributed by atoms with Crippen LogP contribution < -0.4 is 11.1 Å². The maximum atomic E-state index is 13.2. The van der Waals surface area contributed by atoms with Crippen molar-refractivity contribution in [2.75, 3.05) is 11.9 Å². The van der Waals surface area contributed by atoms with Crippen molar-refractivity contribution >= 4 is 5.69 Å². The van der Waals surface area contributed by atoms with Crippen molar-refractivity contribution in [1.29, 1.82) is 0 Å². The molecule has 4 heteroatoms. The Bertz CT molecular complexity index is 304. The predicted molar refractivity (Wildman–Crippen MR) is 54.5 cm³/mol. The Balaban J connectivity index is 2.76. The fourth-order valence-corrected chi connectivity index (χ4v) is 1.13. The third kappa shape index (κ3) is 2.68. The summed E-state index contributed by atoms with van der Waals surface area (Å²) in [4.78, 5) is 0. The number of halogens is 1. The topological polar surface area (TPSA) is 58.3 Å². The molecular weight excluding hydrogens is 183 g/mol. The minimum Gasteiger partial charge on any atom is -0.394 e. The normalized spacial score (nSPS) is 12.6. The fraction of sp³-hybridized carbons (Fsp3) is 0.400. The van der Waals surface area contributed by atoms with Gasteiger partial charge in [-0.05, 0) is 19.1 Å². The lowest BCUT2D eigenvalue weighted by molar-refractivity contribution is 0.281. The number of anilines is 1. The number of rotatable bonds is 4. The second kappa shape index (κ2) is 4.93. The smallest absolute Gasteiger partial charge is 0.129 e. The van der Waals surface area contributed by atoms with Gasteiger partial charge in [0.2, 0.25) is 0 Å². The van der Waals surface area contributed by atoms with Crippen molar-refractivity contribution in [3.63, 3.8) is 0 Å². The van der Waals surface area contributed by atoms with Crippen molar-refractivity contribution in [2.24, 2.45) is 5.73 Å². The number of hydrogen-bond acceptors (Lipinski definition) is 3. The van der Waals surface area contributed by atoms with E-state index in [0.29, 0.717) is 11.3 Å². The van der Waals surface area contributed by atoms with Crippen molar-refractivity contribution < 1.29 is 9.50 Å². The van der Waals surface area contributed by atoms with Crippen molar-refractivity contribution in [1.82, 2.24) is 0 Å². The first-order valence-electron chi connectivity index (χ1n) is 4.53. The Hall–Kier alpha value is -1.13. The van der Waals surface area contributed by atoms with Crippen LogP contribution in [0, 0.1) is 5.82 Å². The molecule has 1 atom stereocenters. The van der Waals surface area contributed by atoms with Gasteiger partial charge in [0.05, 0.1) is 6.61 Å². The molecule has 1 rings (SSSR count). The van der Waals surface area contributed by atoms with Gasteiger partial charge in [-0.1, -0.05) is 6.07 Å². The largest absolute Gasteiger partial charge is 0.394 e. The highest BCUT2D eigenvalue weighted by Gasteiger charge is 2.03. The Kier molecular flexibility index (Phi) is 3.85. The molecule has 0 aliphatic heterocycles. The lowest BCUT2D eigenvalue weighted by atomic mass is 10.2. The summed E-state index contributed by atoms with van der Waals surface area (Å²) in [5, 5.41) is 11.7. The molecule has 3 nitrogen and oxygen atoms in total. The summed E-state index contributed by atoms with van der Waals surface area (Å²) >= 11 is 0. The highest BCUT2D eigenvalue weighted by Crippen LogP contribution is 2.14. The Morgan fingerprint density at radius 3 is 2.79 bits per heavy atom. The van der Waals surface area contributed by atoms with E-state index in [9.17, 15) is 4.39 Å². The van der Waals surface area contributed by atoms with E-state index in [0.717, 1.165) is 0 Å². The van der Waals surface area contributed by atoms with Gasteiger partial charge >= 0.3 is 0 Å². The quantitative estimate of drug-likeness (QED) is 0.678. The molecule has 1 aromatic carbocycles. The van der Waals surface area contributed by atoms with Gasteiger partial charge in [-0.25, -0.2) is 4.39 Å². The van der Waals surface area contributed by atoms with Gasteiger partial charge in [0.25, 0.3) is 0 Å². The molecule has 78 valence electrons. The van der Waals surface area contributed by atoms with Crippen molar-refractivity contribution in [2.45, 2.75) is 19.5 Å². The molecule has 0 spiro atoms. The summed E-state index contributed by atoms with van der Waals surface area (Å²) < 4.78 is 13.2. The van der Waals surface area contributed by atoms with Gasteiger partial charge in [-0.2, -0.15) is 0 Å². The van der Waals surface area contributed by atoms with Gasteiger partial charge in [0, 0.05) is 23.8 Å². The van der Waals surface area contributed by atoms with E-state index >= 15 is 0 Å². The molecule has 14 heavy (non-hydrogen) atoms. The highest BCUT2D eigenvalue weighted by atomic mass is 19.1. The SMILES string of the molecule is CC(CO)Nc1ccc(CN)c(F)c1. The van der Waals surface area contributed by atoms with E-state index in [4.69, 9.17) is 10.8 Å². The van der Waals surface area contributed by atoms with E-state index in [1.54, 1.807) is 12.1 Å². The van der Waals surface area contributed by atoms with Crippen LogP contribution in [0.15, 0.2) is 18.2 Å². The zero-order valence-corrected chi connectivity index (χ0v) is 8.13. The maximum absolute atomic E-state index is 13.2. The second-order valence-electron chi connectivity index (χ2n) is 3.24. The average Bonchev–Trinajstić information content (AvgIpc) is 2.18. The van der Waals surface area contributed by atoms with Crippen LogP contribution in [0.1, 0.15) is 12.5 Å². The van der Waals surface area contributed by atoms with Crippen LogP contribution >= 0.6 is 0 Å². The first kappa shape index (κ1) is 10.9. The standard InChI is InChI=1S/C10H15FN2O/c1-7(6-14)13-9-3-2-8(5-12)10(11)4-9/h2-4,7,13-14H,5-6,12H2,1H3. The second-order valence-corrected chi connectivity index (χ2v) is 3.24. The summed E-state index contributed by atoms with van der Waals surface area (Å²) in [6, 6.07) is 4.69. The summed E-state index contributed by atoms with van der Waals surface area (Å²) in [5.74, 6) is -0.317. The predicted octanol–water partition coefficient (Wildman–Crippen LogP) is 1.08. The molecule has 0 aliphatic rings. The van der Waals surface area contributed by atoms with Gasteiger partial charge in [0.15, 0.2) is 0 Å². The number of aliphatic hydroxyl groups is 1.